The van der Waals surface area contributed by atoms with Gasteiger partial charge in [0.15, 0.2) is 13.2 Å². The van der Waals surface area contributed by atoms with Crippen LogP contribution in [0.1, 0.15) is 38.2 Å². The Bertz CT molecular complexity index is 980. The maximum atomic E-state index is 13.1. The minimum Gasteiger partial charge on any atom is -0.482 e. The molecule has 7 nitrogen and oxygen atoms in total. The average Bonchev–Trinajstić information content (AvgIpc) is 3.27. The van der Waals surface area contributed by atoms with Gasteiger partial charge in [0.25, 0.3) is 11.8 Å². The number of ether oxygens (including phenoxy) is 2. The molecule has 1 spiro atoms. The maximum absolute atomic E-state index is 13.1. The number of hydrogen-bond donors (Lipinski definition) is 1. The number of benzene rings is 2. The topological polar surface area (TPSA) is 84.9 Å². The monoisotopic (exact) mass is 422 g/mol. The summed E-state index contributed by atoms with van der Waals surface area (Å²) in [5, 5.41) is 2.93. The second-order valence-electron chi connectivity index (χ2n) is 7.89. The van der Waals surface area contributed by atoms with Gasteiger partial charge in [0.1, 0.15) is 11.3 Å². The number of carbonyl (C=O) groups is 3. The minimum absolute atomic E-state index is 0.178. The van der Waals surface area contributed by atoms with E-state index >= 15 is 0 Å². The Kier molecular flexibility index (Phi) is 5.93. The first-order valence-electron chi connectivity index (χ1n) is 10.6. The largest absolute Gasteiger partial charge is 0.482 e. The van der Waals surface area contributed by atoms with Crippen LogP contribution in [0.5, 0.6) is 5.75 Å². The molecule has 0 atom stereocenters. The number of fused-ring (bicyclic) bond motifs is 1. The molecule has 1 aliphatic carbocycles. The summed E-state index contributed by atoms with van der Waals surface area (Å²) in [6.45, 7) is 1.33. The van der Waals surface area contributed by atoms with Crippen molar-refractivity contribution in [3.63, 3.8) is 0 Å². The highest BCUT2D eigenvalue weighted by molar-refractivity contribution is 6.15. The quantitative estimate of drug-likeness (QED) is 0.721. The number of esters is 1. The van der Waals surface area contributed by atoms with Crippen molar-refractivity contribution < 1.29 is 23.9 Å². The van der Waals surface area contributed by atoms with Gasteiger partial charge in [-0.1, -0.05) is 44.0 Å². The van der Waals surface area contributed by atoms with E-state index in [9.17, 15) is 14.4 Å². The second-order valence-corrected chi connectivity index (χ2v) is 7.89. The van der Waals surface area contributed by atoms with Gasteiger partial charge in [-0.05, 0) is 49.1 Å². The minimum atomic E-state index is -0.921. The number of carbonyl (C=O) groups excluding carboxylic acids is 3. The zero-order valence-corrected chi connectivity index (χ0v) is 17.6. The van der Waals surface area contributed by atoms with Crippen molar-refractivity contribution in [2.75, 3.05) is 23.4 Å². The standard InChI is InChI=1S/C24H26N2O5/c1-2-17-9-11-18(12-10-17)30-16-22(28)31-15-21(27)26-20-8-4-3-7-19(20)25-23(29)24(26)13-5-6-14-24/h3-4,7-12H,2,5-6,13-16H2,1H3,(H,25,29). The maximum Gasteiger partial charge on any atom is 0.344 e. The van der Waals surface area contributed by atoms with Crippen molar-refractivity contribution in [1.82, 2.24) is 0 Å². The van der Waals surface area contributed by atoms with Crippen LogP contribution in [0.25, 0.3) is 0 Å². The smallest absolute Gasteiger partial charge is 0.344 e. The van der Waals surface area contributed by atoms with Crippen LogP contribution in [0.2, 0.25) is 0 Å². The van der Waals surface area contributed by atoms with Crippen molar-refractivity contribution >= 4 is 29.2 Å². The molecule has 0 saturated heterocycles. The van der Waals surface area contributed by atoms with E-state index in [1.54, 1.807) is 30.3 Å². The highest BCUT2D eigenvalue weighted by Crippen LogP contribution is 2.45. The summed E-state index contributed by atoms with van der Waals surface area (Å²) in [5.74, 6) is -0.665. The molecule has 7 heteroatoms. The summed E-state index contributed by atoms with van der Waals surface area (Å²) in [5.41, 5.74) is 1.48. The van der Waals surface area contributed by atoms with Crippen LogP contribution >= 0.6 is 0 Å². The highest BCUT2D eigenvalue weighted by atomic mass is 16.6. The zero-order valence-electron chi connectivity index (χ0n) is 17.6. The molecule has 4 rings (SSSR count). The fourth-order valence-electron chi connectivity index (χ4n) is 4.34. The first-order valence-corrected chi connectivity index (χ1v) is 10.6. The molecule has 2 amide bonds. The summed E-state index contributed by atoms with van der Waals surface area (Å²) < 4.78 is 10.6. The van der Waals surface area contributed by atoms with Gasteiger partial charge < -0.3 is 14.8 Å². The summed E-state index contributed by atoms with van der Waals surface area (Å²) in [6, 6.07) is 14.7. The highest BCUT2D eigenvalue weighted by Gasteiger charge is 2.52. The van der Waals surface area contributed by atoms with Crippen molar-refractivity contribution in [2.24, 2.45) is 0 Å². The Labute approximate surface area is 181 Å². The van der Waals surface area contributed by atoms with Gasteiger partial charge in [-0.3, -0.25) is 14.5 Å². The molecule has 0 aromatic heterocycles. The second kappa shape index (κ2) is 8.79. The Morgan fingerprint density at radius 3 is 2.45 bits per heavy atom. The van der Waals surface area contributed by atoms with Gasteiger partial charge >= 0.3 is 5.97 Å². The first kappa shape index (κ1) is 20.9. The predicted octanol–water partition coefficient (Wildman–Crippen LogP) is 3.47. The van der Waals surface area contributed by atoms with E-state index in [4.69, 9.17) is 9.47 Å². The van der Waals surface area contributed by atoms with E-state index in [1.807, 2.05) is 18.2 Å². The number of rotatable bonds is 6. The lowest BCUT2D eigenvalue weighted by molar-refractivity contribution is -0.150. The van der Waals surface area contributed by atoms with E-state index in [-0.39, 0.29) is 12.5 Å². The van der Waals surface area contributed by atoms with Gasteiger partial charge in [-0.15, -0.1) is 0 Å². The van der Waals surface area contributed by atoms with Crippen LogP contribution in [0.4, 0.5) is 11.4 Å². The lowest BCUT2D eigenvalue weighted by Gasteiger charge is -2.44. The molecular weight excluding hydrogens is 396 g/mol. The van der Waals surface area contributed by atoms with Crippen molar-refractivity contribution in [3.05, 3.63) is 54.1 Å². The zero-order chi connectivity index (χ0) is 21.8. The fraction of sp³-hybridized carbons (Fsp3) is 0.375. The van der Waals surface area contributed by atoms with E-state index in [0.717, 1.165) is 19.3 Å². The molecule has 2 aliphatic rings. The molecule has 1 fully saturated rings. The molecule has 0 unspecified atom stereocenters. The Hall–Kier alpha value is -3.35. The van der Waals surface area contributed by atoms with Crippen LogP contribution in [0, 0.1) is 0 Å². The van der Waals surface area contributed by atoms with Crippen LogP contribution < -0.4 is 15.0 Å². The van der Waals surface area contributed by atoms with E-state index in [0.29, 0.717) is 30.0 Å². The van der Waals surface area contributed by atoms with Crippen LogP contribution in [0.3, 0.4) is 0 Å². The van der Waals surface area contributed by atoms with Gasteiger partial charge in [-0.25, -0.2) is 4.79 Å². The van der Waals surface area contributed by atoms with E-state index in [1.165, 1.54) is 10.5 Å². The van der Waals surface area contributed by atoms with E-state index < -0.39 is 24.0 Å². The first-order chi connectivity index (χ1) is 15.0. The fourth-order valence-corrected chi connectivity index (χ4v) is 4.34. The van der Waals surface area contributed by atoms with Gasteiger partial charge in [0, 0.05) is 0 Å². The summed E-state index contributed by atoms with van der Waals surface area (Å²) in [6.07, 6.45) is 3.82. The van der Waals surface area contributed by atoms with Crippen LogP contribution in [-0.4, -0.2) is 36.5 Å². The summed E-state index contributed by atoms with van der Waals surface area (Å²) in [7, 11) is 0. The molecule has 1 aliphatic heterocycles. The van der Waals surface area contributed by atoms with Crippen molar-refractivity contribution in [3.8, 4) is 5.75 Å². The average molecular weight is 422 g/mol. The molecule has 31 heavy (non-hydrogen) atoms. The SMILES string of the molecule is CCc1ccc(OCC(=O)OCC(=O)N2c3ccccc3NC(=O)C23CCCC3)cc1. The molecular formula is C24H26N2O5. The Balaban J connectivity index is 1.41. The van der Waals surface area contributed by atoms with Crippen molar-refractivity contribution in [2.45, 2.75) is 44.6 Å². The number of nitrogens with one attached hydrogen (secondary N) is 1. The Morgan fingerprint density at radius 2 is 1.74 bits per heavy atom. The normalized spacial score (nSPS) is 16.5. The predicted molar refractivity (Wildman–Crippen MR) is 116 cm³/mol. The summed E-state index contributed by atoms with van der Waals surface area (Å²) >= 11 is 0. The Morgan fingerprint density at radius 1 is 1.03 bits per heavy atom. The third-order valence-corrected chi connectivity index (χ3v) is 5.97. The van der Waals surface area contributed by atoms with Crippen LogP contribution in [0.15, 0.2) is 48.5 Å². The third kappa shape index (κ3) is 4.13. The van der Waals surface area contributed by atoms with E-state index in [2.05, 4.69) is 12.2 Å². The molecule has 1 N–H and O–H groups in total. The number of para-hydroxylation sites is 2. The number of anilines is 2. The lowest BCUT2D eigenvalue weighted by atomic mass is 9.90. The number of aryl methyl sites for hydroxylation is 1. The molecule has 0 radical (unpaired) electrons. The molecule has 2 aromatic carbocycles. The number of nitrogens with zero attached hydrogens (tertiary/aromatic N) is 1. The van der Waals surface area contributed by atoms with Gasteiger partial charge in [0.05, 0.1) is 11.4 Å². The molecule has 2 aromatic rings. The third-order valence-electron chi connectivity index (χ3n) is 5.97. The van der Waals surface area contributed by atoms with Gasteiger partial charge in [0.2, 0.25) is 0 Å². The molecule has 0 bridgehead atoms. The van der Waals surface area contributed by atoms with Gasteiger partial charge in [-0.2, -0.15) is 0 Å². The number of amides is 2. The molecule has 1 heterocycles. The molecule has 162 valence electrons. The summed E-state index contributed by atoms with van der Waals surface area (Å²) in [4.78, 5) is 39.7. The lowest BCUT2D eigenvalue weighted by Crippen LogP contribution is -2.61. The van der Waals surface area contributed by atoms with Crippen LogP contribution in [-0.2, 0) is 25.5 Å². The number of hydrogen-bond acceptors (Lipinski definition) is 5. The van der Waals surface area contributed by atoms with Crippen molar-refractivity contribution in [1.29, 1.82) is 0 Å². The molecule has 1 saturated carbocycles.